The van der Waals surface area contributed by atoms with Crippen LogP contribution in [0.25, 0.3) is 22.8 Å². The summed E-state index contributed by atoms with van der Waals surface area (Å²) in [5.74, 6) is 1.08. The van der Waals surface area contributed by atoms with Crippen molar-refractivity contribution in [1.29, 1.82) is 0 Å². The minimum atomic E-state index is 0.436. The van der Waals surface area contributed by atoms with Crippen LogP contribution in [0.5, 0.6) is 5.75 Å². The molecule has 0 aliphatic heterocycles. The highest BCUT2D eigenvalue weighted by atomic mass is 16.5. The zero-order valence-electron chi connectivity index (χ0n) is 13.8. The van der Waals surface area contributed by atoms with Crippen molar-refractivity contribution < 1.29 is 9.26 Å². The van der Waals surface area contributed by atoms with Gasteiger partial charge in [0.05, 0.1) is 42.3 Å². The summed E-state index contributed by atoms with van der Waals surface area (Å²) in [5.41, 5.74) is 3.50. The van der Waals surface area contributed by atoms with E-state index >= 15 is 0 Å². The van der Waals surface area contributed by atoms with Crippen molar-refractivity contribution in [2.75, 3.05) is 12.4 Å². The van der Waals surface area contributed by atoms with Crippen molar-refractivity contribution in [3.8, 4) is 28.5 Å². The van der Waals surface area contributed by atoms with Gasteiger partial charge in [-0.1, -0.05) is 11.2 Å². The van der Waals surface area contributed by atoms with Gasteiger partial charge in [0.2, 0.25) is 5.95 Å². The van der Waals surface area contributed by atoms with Crippen molar-refractivity contribution in [2.45, 2.75) is 0 Å². The van der Waals surface area contributed by atoms with Crippen molar-refractivity contribution in [3.63, 3.8) is 0 Å². The van der Waals surface area contributed by atoms with E-state index in [0.29, 0.717) is 34.5 Å². The maximum Gasteiger partial charge on any atom is 0.227 e. The van der Waals surface area contributed by atoms with Gasteiger partial charge in [-0.25, -0.2) is 15.0 Å². The third kappa shape index (κ3) is 3.34. The third-order valence-electron chi connectivity index (χ3n) is 3.57. The molecule has 8 heteroatoms. The Bertz CT molecular complexity index is 1020. The molecule has 0 amide bonds. The Kier molecular flexibility index (Phi) is 4.21. The van der Waals surface area contributed by atoms with Crippen molar-refractivity contribution >= 4 is 11.6 Å². The van der Waals surface area contributed by atoms with E-state index in [1.54, 1.807) is 37.8 Å². The maximum atomic E-state index is 5.17. The van der Waals surface area contributed by atoms with Gasteiger partial charge in [0.1, 0.15) is 17.7 Å². The molecule has 26 heavy (non-hydrogen) atoms. The minimum absolute atomic E-state index is 0.436. The lowest BCUT2D eigenvalue weighted by molar-refractivity contribution is 0.413. The van der Waals surface area contributed by atoms with E-state index in [1.807, 2.05) is 24.3 Å². The van der Waals surface area contributed by atoms with Gasteiger partial charge in [-0.05, 0) is 18.2 Å². The maximum absolute atomic E-state index is 5.17. The zero-order valence-corrected chi connectivity index (χ0v) is 13.8. The third-order valence-corrected chi connectivity index (χ3v) is 3.57. The molecule has 4 aromatic rings. The Morgan fingerprint density at radius 1 is 0.962 bits per heavy atom. The molecule has 4 rings (SSSR count). The van der Waals surface area contributed by atoms with Crippen LogP contribution < -0.4 is 10.1 Å². The van der Waals surface area contributed by atoms with Crippen LogP contribution in [0.4, 0.5) is 11.6 Å². The monoisotopic (exact) mass is 346 g/mol. The van der Waals surface area contributed by atoms with E-state index < -0.39 is 0 Å². The van der Waals surface area contributed by atoms with Gasteiger partial charge in [-0.2, -0.15) is 0 Å². The fraction of sp³-hybridized carbons (Fsp3) is 0.0556. The second-order valence-corrected chi connectivity index (χ2v) is 5.30. The van der Waals surface area contributed by atoms with Gasteiger partial charge >= 0.3 is 0 Å². The van der Waals surface area contributed by atoms with E-state index in [9.17, 15) is 0 Å². The number of rotatable bonds is 5. The molecule has 0 radical (unpaired) electrons. The summed E-state index contributed by atoms with van der Waals surface area (Å²) in [4.78, 5) is 17.5. The molecule has 0 spiro atoms. The zero-order chi connectivity index (χ0) is 17.8. The second-order valence-electron chi connectivity index (χ2n) is 5.30. The van der Waals surface area contributed by atoms with Crippen molar-refractivity contribution in [1.82, 2.24) is 25.1 Å². The fourth-order valence-corrected chi connectivity index (χ4v) is 2.35. The van der Waals surface area contributed by atoms with Crippen LogP contribution in [0.2, 0.25) is 0 Å². The molecule has 0 saturated heterocycles. The molecule has 0 fully saturated rings. The van der Waals surface area contributed by atoms with Crippen LogP contribution in [-0.2, 0) is 0 Å². The Labute approximate surface area is 148 Å². The minimum Gasteiger partial charge on any atom is -0.495 e. The van der Waals surface area contributed by atoms with E-state index in [-0.39, 0.29) is 0 Å². The van der Waals surface area contributed by atoms with Gasteiger partial charge in [0, 0.05) is 18.3 Å². The summed E-state index contributed by atoms with van der Waals surface area (Å²) in [6.07, 6.45) is 6.48. The largest absolute Gasteiger partial charge is 0.495 e. The highest BCUT2D eigenvalue weighted by Gasteiger charge is 2.08. The summed E-state index contributed by atoms with van der Waals surface area (Å²) in [7, 11) is 1.59. The van der Waals surface area contributed by atoms with E-state index in [4.69, 9.17) is 9.26 Å². The Morgan fingerprint density at radius 2 is 1.81 bits per heavy atom. The normalized spacial score (nSPS) is 10.5. The number of pyridine rings is 2. The lowest BCUT2D eigenvalue weighted by Crippen LogP contribution is -1.99. The summed E-state index contributed by atoms with van der Waals surface area (Å²) in [6, 6.07) is 11.0. The summed E-state index contributed by atoms with van der Waals surface area (Å²) in [6.45, 7) is 0. The smallest absolute Gasteiger partial charge is 0.227 e. The number of hydrogen-bond donors (Lipinski definition) is 1. The molecule has 0 atom stereocenters. The second kappa shape index (κ2) is 6.98. The average Bonchev–Trinajstić information content (AvgIpc) is 3.23. The van der Waals surface area contributed by atoms with Gasteiger partial charge < -0.3 is 14.6 Å². The average molecular weight is 346 g/mol. The molecule has 8 nitrogen and oxygen atoms in total. The number of methoxy groups -OCH3 is 1. The molecule has 4 aromatic heterocycles. The SMILES string of the molecule is COc1cncc(Nc2nccc(-c3cccc(-c4ccon4)n3)n2)c1. The van der Waals surface area contributed by atoms with Gasteiger partial charge in [0.25, 0.3) is 0 Å². The number of aromatic nitrogens is 5. The lowest BCUT2D eigenvalue weighted by atomic mass is 10.2. The highest BCUT2D eigenvalue weighted by molar-refractivity contribution is 5.63. The van der Waals surface area contributed by atoms with Crippen LogP contribution in [0.15, 0.2) is 65.8 Å². The van der Waals surface area contributed by atoms with Crippen LogP contribution in [-0.4, -0.2) is 32.2 Å². The molecule has 0 aliphatic carbocycles. The van der Waals surface area contributed by atoms with Crippen LogP contribution in [0.1, 0.15) is 0 Å². The number of hydrogen-bond acceptors (Lipinski definition) is 8. The first-order valence-electron chi connectivity index (χ1n) is 7.79. The number of ether oxygens (including phenoxy) is 1. The fourth-order valence-electron chi connectivity index (χ4n) is 2.35. The lowest BCUT2D eigenvalue weighted by Gasteiger charge is -2.07. The molecule has 128 valence electrons. The predicted molar refractivity (Wildman–Crippen MR) is 94.8 cm³/mol. The quantitative estimate of drug-likeness (QED) is 0.587. The molecular formula is C18H14N6O2. The Balaban J connectivity index is 1.62. The van der Waals surface area contributed by atoms with E-state index in [1.165, 1.54) is 6.26 Å². The summed E-state index contributed by atoms with van der Waals surface area (Å²) in [5, 5.41) is 7.02. The summed E-state index contributed by atoms with van der Waals surface area (Å²) >= 11 is 0. The molecule has 0 aromatic carbocycles. The Morgan fingerprint density at radius 3 is 2.62 bits per heavy atom. The highest BCUT2D eigenvalue weighted by Crippen LogP contribution is 2.22. The van der Waals surface area contributed by atoms with E-state index in [0.717, 1.165) is 5.69 Å². The molecular weight excluding hydrogens is 332 g/mol. The van der Waals surface area contributed by atoms with Gasteiger partial charge in [0.15, 0.2) is 0 Å². The van der Waals surface area contributed by atoms with Gasteiger partial charge in [-0.3, -0.25) is 4.98 Å². The van der Waals surface area contributed by atoms with Crippen LogP contribution in [0.3, 0.4) is 0 Å². The molecule has 1 N–H and O–H groups in total. The first-order valence-corrected chi connectivity index (χ1v) is 7.79. The molecule has 0 aliphatic rings. The first-order chi connectivity index (χ1) is 12.8. The summed E-state index contributed by atoms with van der Waals surface area (Å²) < 4.78 is 10.0. The van der Waals surface area contributed by atoms with E-state index in [2.05, 4.69) is 30.4 Å². The number of nitrogens with zero attached hydrogens (tertiary/aromatic N) is 5. The number of nitrogens with one attached hydrogen (secondary N) is 1. The standard InChI is InChI=1S/C18H14N6O2/c1-25-13-9-12(10-19-11-13)21-18-20-7-5-16(23-18)14-3-2-4-15(22-14)17-6-8-26-24-17/h2-11H,1H3,(H,20,21,23). The van der Waals surface area contributed by atoms with Crippen molar-refractivity contribution in [2.24, 2.45) is 0 Å². The molecule has 4 heterocycles. The first kappa shape index (κ1) is 15.7. The number of anilines is 2. The van der Waals surface area contributed by atoms with Crippen LogP contribution >= 0.6 is 0 Å². The van der Waals surface area contributed by atoms with Crippen LogP contribution in [0, 0.1) is 0 Å². The van der Waals surface area contributed by atoms with Crippen molar-refractivity contribution in [3.05, 3.63) is 61.3 Å². The molecule has 0 unspecified atom stereocenters. The topological polar surface area (TPSA) is 98.8 Å². The Hall–Kier alpha value is -3.81. The van der Waals surface area contributed by atoms with Gasteiger partial charge in [-0.15, -0.1) is 0 Å². The molecule has 0 bridgehead atoms. The predicted octanol–water partition coefficient (Wildman–Crippen LogP) is 3.34. The molecule has 0 saturated carbocycles.